The van der Waals surface area contributed by atoms with Crippen molar-refractivity contribution >= 4 is 11.6 Å². The van der Waals surface area contributed by atoms with Crippen LogP contribution in [0.1, 0.15) is 10.4 Å². The highest BCUT2D eigenvalue weighted by atomic mass is 16.2. The van der Waals surface area contributed by atoms with Crippen LogP contribution in [0.3, 0.4) is 0 Å². The van der Waals surface area contributed by atoms with E-state index in [9.17, 15) is 4.79 Å². The molecule has 0 saturated carbocycles. The number of likely N-dealkylation sites (N-methyl/N-ethyl adjacent to an activating group) is 1. The molecule has 13 heavy (non-hydrogen) atoms. The predicted molar refractivity (Wildman–Crippen MR) is 51.9 cm³/mol. The smallest absolute Gasteiger partial charge is 0.255 e. The lowest BCUT2D eigenvalue weighted by molar-refractivity contribution is 0.0805. The van der Waals surface area contributed by atoms with E-state index in [-0.39, 0.29) is 5.91 Å². The zero-order chi connectivity index (χ0) is 9.26. The Balaban J connectivity index is 2.46. The summed E-state index contributed by atoms with van der Waals surface area (Å²) in [6, 6.07) is 7.61. The number of nitrogens with zero attached hydrogens (tertiary/aromatic N) is 1. The molecule has 0 radical (unpaired) electrons. The molecule has 1 aliphatic heterocycles. The lowest BCUT2D eigenvalue weighted by Crippen LogP contribution is -2.27. The molecule has 1 aliphatic rings. The minimum atomic E-state index is 0.0978. The Morgan fingerprint density at radius 2 is 2.15 bits per heavy atom. The van der Waals surface area contributed by atoms with E-state index in [0.29, 0.717) is 0 Å². The third-order valence-corrected chi connectivity index (χ3v) is 2.27. The monoisotopic (exact) mass is 176 g/mol. The first-order valence-electron chi connectivity index (χ1n) is 4.37. The summed E-state index contributed by atoms with van der Waals surface area (Å²) in [5.41, 5.74) is 1.71. The van der Waals surface area contributed by atoms with Gasteiger partial charge in [0, 0.05) is 25.8 Å². The Morgan fingerprint density at radius 3 is 3.00 bits per heavy atom. The standard InChI is InChI=1S/C10H12N2O/c1-12-7-6-11-9-5-3-2-4-8(9)10(12)13/h2-5,11H,6-7H2,1H3. The molecule has 2 rings (SSSR count). The largest absolute Gasteiger partial charge is 0.383 e. The third-order valence-electron chi connectivity index (χ3n) is 2.27. The molecule has 0 atom stereocenters. The summed E-state index contributed by atoms with van der Waals surface area (Å²) in [7, 11) is 1.83. The van der Waals surface area contributed by atoms with Gasteiger partial charge in [-0.2, -0.15) is 0 Å². The van der Waals surface area contributed by atoms with Crippen molar-refractivity contribution in [2.24, 2.45) is 0 Å². The molecule has 1 N–H and O–H groups in total. The van der Waals surface area contributed by atoms with Crippen molar-refractivity contribution in [3.8, 4) is 0 Å². The topological polar surface area (TPSA) is 32.3 Å². The first-order valence-corrected chi connectivity index (χ1v) is 4.37. The van der Waals surface area contributed by atoms with Gasteiger partial charge in [0.15, 0.2) is 0 Å². The lowest BCUT2D eigenvalue weighted by atomic mass is 10.1. The third kappa shape index (κ3) is 1.37. The van der Waals surface area contributed by atoms with Gasteiger partial charge < -0.3 is 10.2 Å². The van der Waals surface area contributed by atoms with E-state index in [0.717, 1.165) is 24.3 Å². The van der Waals surface area contributed by atoms with Crippen molar-refractivity contribution in [1.82, 2.24) is 4.90 Å². The summed E-state index contributed by atoms with van der Waals surface area (Å²) in [4.78, 5) is 13.5. The van der Waals surface area contributed by atoms with Crippen LogP contribution in [0.25, 0.3) is 0 Å². The number of benzene rings is 1. The second-order valence-corrected chi connectivity index (χ2v) is 3.20. The Labute approximate surface area is 77.4 Å². The molecule has 1 amide bonds. The molecule has 0 aromatic heterocycles. The van der Waals surface area contributed by atoms with Gasteiger partial charge in [0.2, 0.25) is 0 Å². The molecule has 3 nitrogen and oxygen atoms in total. The molecule has 0 fully saturated rings. The van der Waals surface area contributed by atoms with Gasteiger partial charge >= 0.3 is 0 Å². The second-order valence-electron chi connectivity index (χ2n) is 3.20. The van der Waals surface area contributed by atoms with E-state index in [4.69, 9.17) is 0 Å². The van der Waals surface area contributed by atoms with Crippen molar-refractivity contribution in [3.63, 3.8) is 0 Å². The predicted octanol–water partition coefficient (Wildman–Crippen LogP) is 1.18. The average molecular weight is 176 g/mol. The minimum Gasteiger partial charge on any atom is -0.383 e. The van der Waals surface area contributed by atoms with Crippen LogP contribution in [-0.2, 0) is 0 Å². The van der Waals surface area contributed by atoms with E-state index < -0.39 is 0 Å². The fraction of sp³-hybridized carbons (Fsp3) is 0.300. The van der Waals surface area contributed by atoms with Crippen LogP contribution in [0.5, 0.6) is 0 Å². The number of carbonyl (C=O) groups excluding carboxylic acids is 1. The zero-order valence-corrected chi connectivity index (χ0v) is 7.58. The maximum absolute atomic E-state index is 11.7. The Hall–Kier alpha value is -1.51. The highest BCUT2D eigenvalue weighted by Crippen LogP contribution is 2.18. The first-order chi connectivity index (χ1) is 6.29. The van der Waals surface area contributed by atoms with E-state index in [1.54, 1.807) is 4.90 Å². The summed E-state index contributed by atoms with van der Waals surface area (Å²) < 4.78 is 0. The Kier molecular flexibility index (Phi) is 1.93. The molecule has 1 aromatic rings. The summed E-state index contributed by atoms with van der Waals surface area (Å²) >= 11 is 0. The molecule has 1 aromatic carbocycles. The van der Waals surface area contributed by atoms with Crippen LogP contribution in [0.15, 0.2) is 24.3 Å². The molecule has 1 heterocycles. The fourth-order valence-corrected chi connectivity index (χ4v) is 1.49. The lowest BCUT2D eigenvalue weighted by Gasteiger charge is -2.12. The summed E-state index contributed by atoms with van der Waals surface area (Å²) in [5.74, 6) is 0.0978. The van der Waals surface area contributed by atoms with Gasteiger partial charge in [0.25, 0.3) is 5.91 Å². The van der Waals surface area contributed by atoms with Gasteiger partial charge in [-0.05, 0) is 12.1 Å². The van der Waals surface area contributed by atoms with Crippen molar-refractivity contribution in [2.45, 2.75) is 0 Å². The van der Waals surface area contributed by atoms with Gasteiger partial charge in [0.1, 0.15) is 0 Å². The van der Waals surface area contributed by atoms with Crippen LogP contribution < -0.4 is 5.32 Å². The summed E-state index contributed by atoms with van der Waals surface area (Å²) in [6.07, 6.45) is 0. The molecule has 68 valence electrons. The van der Waals surface area contributed by atoms with E-state index in [1.165, 1.54) is 0 Å². The second kappa shape index (κ2) is 3.09. The van der Waals surface area contributed by atoms with E-state index in [1.807, 2.05) is 31.3 Å². The van der Waals surface area contributed by atoms with E-state index >= 15 is 0 Å². The number of nitrogens with one attached hydrogen (secondary N) is 1. The van der Waals surface area contributed by atoms with Crippen molar-refractivity contribution in [2.75, 3.05) is 25.5 Å². The number of hydrogen-bond acceptors (Lipinski definition) is 2. The number of hydrogen-bond donors (Lipinski definition) is 1. The van der Waals surface area contributed by atoms with Crippen LogP contribution in [0, 0.1) is 0 Å². The van der Waals surface area contributed by atoms with Gasteiger partial charge in [-0.25, -0.2) is 0 Å². The van der Waals surface area contributed by atoms with Gasteiger partial charge in [-0.3, -0.25) is 4.79 Å². The first kappa shape index (κ1) is 8.10. The number of rotatable bonds is 0. The van der Waals surface area contributed by atoms with Crippen molar-refractivity contribution in [1.29, 1.82) is 0 Å². The highest BCUT2D eigenvalue weighted by Gasteiger charge is 2.17. The molecular formula is C10H12N2O. The summed E-state index contributed by atoms with van der Waals surface area (Å²) in [6.45, 7) is 1.58. The van der Waals surface area contributed by atoms with E-state index in [2.05, 4.69) is 5.32 Å². The SMILES string of the molecule is CN1CCNc2ccccc2C1=O. The zero-order valence-electron chi connectivity index (χ0n) is 7.58. The molecule has 0 bridgehead atoms. The maximum Gasteiger partial charge on any atom is 0.255 e. The summed E-state index contributed by atoms with van der Waals surface area (Å²) in [5, 5.41) is 3.22. The Morgan fingerprint density at radius 1 is 1.38 bits per heavy atom. The highest BCUT2D eigenvalue weighted by molar-refractivity contribution is 6.00. The van der Waals surface area contributed by atoms with Gasteiger partial charge in [-0.1, -0.05) is 12.1 Å². The number of carbonyl (C=O) groups is 1. The number of anilines is 1. The normalized spacial score (nSPS) is 16.1. The molecule has 0 aliphatic carbocycles. The molecule has 3 heteroatoms. The van der Waals surface area contributed by atoms with Crippen LogP contribution in [-0.4, -0.2) is 30.9 Å². The van der Waals surface area contributed by atoms with Crippen LogP contribution in [0.2, 0.25) is 0 Å². The molecule has 0 unspecified atom stereocenters. The van der Waals surface area contributed by atoms with Crippen LogP contribution >= 0.6 is 0 Å². The molecule has 0 spiro atoms. The maximum atomic E-state index is 11.7. The molecular weight excluding hydrogens is 164 g/mol. The number of amides is 1. The minimum absolute atomic E-state index is 0.0978. The van der Waals surface area contributed by atoms with Gasteiger partial charge in [-0.15, -0.1) is 0 Å². The van der Waals surface area contributed by atoms with Crippen molar-refractivity contribution in [3.05, 3.63) is 29.8 Å². The van der Waals surface area contributed by atoms with Crippen molar-refractivity contribution < 1.29 is 4.79 Å². The number of para-hydroxylation sites is 1. The molecule has 0 saturated heterocycles. The average Bonchev–Trinajstić information content (AvgIpc) is 2.29. The number of fused-ring (bicyclic) bond motifs is 1. The quantitative estimate of drug-likeness (QED) is 0.644. The fourth-order valence-electron chi connectivity index (χ4n) is 1.49. The van der Waals surface area contributed by atoms with Crippen LogP contribution in [0.4, 0.5) is 5.69 Å². The van der Waals surface area contributed by atoms with Gasteiger partial charge in [0.05, 0.1) is 5.56 Å². The Bertz CT molecular complexity index is 335.